The zero-order chi connectivity index (χ0) is 16.7. The zero-order valence-electron chi connectivity index (χ0n) is 13.6. The van der Waals surface area contributed by atoms with Gasteiger partial charge in [0.05, 0.1) is 23.2 Å². The molecule has 7 heteroatoms. The third-order valence-electron chi connectivity index (χ3n) is 3.62. The molecule has 3 aromatic rings. The molecule has 0 aromatic carbocycles. The Bertz CT molecular complexity index is 946. The number of rotatable bonds is 4. The standard InChI is InChI=1S/C16H19N3O4/c1-5-18-12-6-10(4)23-15(12)11-7-17-19(16(21)14(11)18)8-13(20)22-9(2)3/h6-7,9H,5,8H2,1-4H3. The average molecular weight is 317 g/mol. The highest BCUT2D eigenvalue weighted by Gasteiger charge is 2.19. The summed E-state index contributed by atoms with van der Waals surface area (Å²) in [5.74, 6) is 0.298. The normalized spacial score (nSPS) is 11.7. The minimum absolute atomic E-state index is 0.206. The summed E-state index contributed by atoms with van der Waals surface area (Å²) in [6.45, 7) is 7.75. The predicted molar refractivity (Wildman–Crippen MR) is 85.4 cm³/mol. The molecule has 3 heterocycles. The van der Waals surface area contributed by atoms with Crippen LogP contribution in [0.5, 0.6) is 0 Å². The number of carbonyl (C=O) groups excluding carboxylic acids is 1. The summed E-state index contributed by atoms with van der Waals surface area (Å²) in [6, 6.07) is 1.90. The van der Waals surface area contributed by atoms with Gasteiger partial charge in [-0.05, 0) is 27.7 Å². The first-order valence-electron chi connectivity index (χ1n) is 7.60. The lowest BCUT2D eigenvalue weighted by atomic mass is 10.3. The fourth-order valence-corrected chi connectivity index (χ4v) is 2.78. The molecule has 0 saturated heterocycles. The Balaban J connectivity index is 2.15. The van der Waals surface area contributed by atoms with Crippen LogP contribution >= 0.6 is 0 Å². The van der Waals surface area contributed by atoms with Crippen molar-refractivity contribution in [2.75, 3.05) is 0 Å². The van der Waals surface area contributed by atoms with E-state index in [-0.39, 0.29) is 18.2 Å². The minimum atomic E-state index is -0.483. The van der Waals surface area contributed by atoms with Gasteiger partial charge in [0.1, 0.15) is 17.8 Å². The van der Waals surface area contributed by atoms with Gasteiger partial charge >= 0.3 is 5.97 Å². The molecule has 0 amide bonds. The lowest BCUT2D eigenvalue weighted by Crippen LogP contribution is -2.29. The second-order valence-electron chi connectivity index (χ2n) is 5.72. The monoisotopic (exact) mass is 317 g/mol. The maximum absolute atomic E-state index is 12.7. The van der Waals surface area contributed by atoms with Gasteiger partial charge in [-0.1, -0.05) is 0 Å². The number of fused-ring (bicyclic) bond motifs is 3. The summed E-state index contributed by atoms with van der Waals surface area (Å²) in [7, 11) is 0. The first-order chi connectivity index (χ1) is 10.9. The number of carbonyl (C=O) groups is 1. The smallest absolute Gasteiger partial charge is 0.328 e. The number of hydrogen-bond acceptors (Lipinski definition) is 5. The summed E-state index contributed by atoms with van der Waals surface area (Å²) in [6.07, 6.45) is 1.34. The summed E-state index contributed by atoms with van der Waals surface area (Å²) >= 11 is 0. The van der Waals surface area contributed by atoms with Crippen molar-refractivity contribution < 1.29 is 13.9 Å². The van der Waals surface area contributed by atoms with Crippen LogP contribution in [0.1, 0.15) is 26.5 Å². The predicted octanol–water partition coefficient (Wildman–Crippen LogP) is 2.22. The topological polar surface area (TPSA) is 79.3 Å². The van der Waals surface area contributed by atoms with Crippen LogP contribution in [0.25, 0.3) is 22.0 Å². The van der Waals surface area contributed by atoms with E-state index in [2.05, 4.69) is 5.10 Å². The van der Waals surface area contributed by atoms with Crippen molar-refractivity contribution in [3.63, 3.8) is 0 Å². The highest BCUT2D eigenvalue weighted by atomic mass is 16.5. The molecule has 0 radical (unpaired) electrons. The van der Waals surface area contributed by atoms with Crippen molar-refractivity contribution in [3.8, 4) is 0 Å². The van der Waals surface area contributed by atoms with Crippen LogP contribution in [0.3, 0.4) is 0 Å². The highest BCUT2D eigenvalue weighted by Crippen LogP contribution is 2.29. The first kappa shape index (κ1) is 15.3. The van der Waals surface area contributed by atoms with Crippen LogP contribution in [-0.4, -0.2) is 26.4 Å². The maximum Gasteiger partial charge on any atom is 0.328 e. The van der Waals surface area contributed by atoms with E-state index in [4.69, 9.17) is 9.15 Å². The van der Waals surface area contributed by atoms with E-state index < -0.39 is 5.97 Å². The molecule has 0 spiro atoms. The summed E-state index contributed by atoms with van der Waals surface area (Å²) < 4.78 is 13.8. The molecule has 0 atom stereocenters. The van der Waals surface area contributed by atoms with Crippen LogP contribution in [0.15, 0.2) is 21.5 Å². The number of aromatic nitrogens is 3. The molecule has 0 unspecified atom stereocenters. The Kier molecular flexibility index (Phi) is 3.71. The van der Waals surface area contributed by atoms with Crippen LogP contribution < -0.4 is 5.56 Å². The van der Waals surface area contributed by atoms with Gasteiger partial charge in [0.25, 0.3) is 5.56 Å². The molecule has 0 N–H and O–H groups in total. The lowest BCUT2D eigenvalue weighted by molar-refractivity contribution is -0.148. The Hall–Kier alpha value is -2.57. The molecule has 0 aliphatic heterocycles. The number of nitrogens with zero attached hydrogens (tertiary/aromatic N) is 3. The molecule has 3 aromatic heterocycles. The Morgan fingerprint density at radius 3 is 2.83 bits per heavy atom. The SMILES string of the molecule is CCn1c2cc(C)oc2c2cnn(CC(=O)OC(C)C)c(=O)c21. The highest BCUT2D eigenvalue weighted by molar-refractivity contribution is 6.04. The molecule has 3 rings (SSSR count). The van der Waals surface area contributed by atoms with Gasteiger partial charge in [-0.25, -0.2) is 4.68 Å². The van der Waals surface area contributed by atoms with Crippen LogP contribution in [0.2, 0.25) is 0 Å². The average Bonchev–Trinajstić information content (AvgIpc) is 2.96. The van der Waals surface area contributed by atoms with Crippen molar-refractivity contribution in [2.24, 2.45) is 0 Å². The summed E-state index contributed by atoms with van der Waals surface area (Å²) in [5.41, 5.74) is 1.69. The largest absolute Gasteiger partial charge is 0.462 e. The number of aryl methyl sites for hydroxylation is 2. The van der Waals surface area contributed by atoms with Crippen molar-refractivity contribution in [1.29, 1.82) is 0 Å². The van der Waals surface area contributed by atoms with Gasteiger partial charge in [-0.15, -0.1) is 0 Å². The van der Waals surface area contributed by atoms with Crippen molar-refractivity contribution in [2.45, 2.75) is 46.9 Å². The molecule has 7 nitrogen and oxygen atoms in total. The Morgan fingerprint density at radius 1 is 1.43 bits per heavy atom. The molecule has 0 bridgehead atoms. The third-order valence-corrected chi connectivity index (χ3v) is 3.62. The fraction of sp³-hybridized carbons (Fsp3) is 0.438. The Morgan fingerprint density at radius 2 is 2.17 bits per heavy atom. The second-order valence-corrected chi connectivity index (χ2v) is 5.72. The molecule has 122 valence electrons. The molecular formula is C16H19N3O4. The summed E-state index contributed by atoms with van der Waals surface area (Å²) in [4.78, 5) is 24.5. The van der Waals surface area contributed by atoms with Crippen molar-refractivity contribution >= 4 is 28.0 Å². The van der Waals surface area contributed by atoms with Crippen LogP contribution in [0, 0.1) is 6.92 Å². The van der Waals surface area contributed by atoms with Crippen molar-refractivity contribution in [1.82, 2.24) is 14.3 Å². The summed E-state index contributed by atoms with van der Waals surface area (Å²) in [5, 5.41) is 4.75. The van der Waals surface area contributed by atoms with E-state index in [1.165, 1.54) is 0 Å². The molecular weight excluding hydrogens is 298 g/mol. The number of ether oxygens (including phenoxy) is 1. The van der Waals surface area contributed by atoms with Gasteiger partial charge < -0.3 is 13.7 Å². The first-order valence-corrected chi connectivity index (χ1v) is 7.60. The Labute approximate surface area is 132 Å². The van der Waals surface area contributed by atoms with E-state index in [1.54, 1.807) is 20.0 Å². The number of hydrogen-bond donors (Lipinski definition) is 0. The van der Waals surface area contributed by atoms with Crippen molar-refractivity contribution in [3.05, 3.63) is 28.4 Å². The minimum Gasteiger partial charge on any atom is -0.462 e. The van der Waals surface area contributed by atoms with Gasteiger partial charge in [0.15, 0.2) is 5.58 Å². The van der Waals surface area contributed by atoms with E-state index in [1.807, 2.05) is 24.5 Å². The number of furan rings is 1. The van der Waals surface area contributed by atoms with E-state index in [0.717, 1.165) is 16.0 Å². The molecule has 23 heavy (non-hydrogen) atoms. The third kappa shape index (κ3) is 2.52. The van der Waals surface area contributed by atoms with Gasteiger partial charge in [-0.2, -0.15) is 5.10 Å². The molecule has 0 saturated carbocycles. The maximum atomic E-state index is 12.7. The van der Waals surface area contributed by atoms with E-state index in [9.17, 15) is 9.59 Å². The second kappa shape index (κ2) is 5.57. The lowest BCUT2D eigenvalue weighted by Gasteiger charge is -2.09. The van der Waals surface area contributed by atoms with E-state index in [0.29, 0.717) is 23.0 Å². The molecule has 0 fully saturated rings. The fourth-order valence-electron chi connectivity index (χ4n) is 2.78. The van der Waals surface area contributed by atoms with Gasteiger partial charge in [0.2, 0.25) is 0 Å². The van der Waals surface area contributed by atoms with Gasteiger partial charge in [0, 0.05) is 12.6 Å². The quantitative estimate of drug-likeness (QED) is 0.689. The van der Waals surface area contributed by atoms with Crippen LogP contribution in [-0.2, 0) is 22.6 Å². The van der Waals surface area contributed by atoms with Gasteiger partial charge in [-0.3, -0.25) is 9.59 Å². The van der Waals surface area contributed by atoms with Crippen LogP contribution in [0.4, 0.5) is 0 Å². The number of esters is 1. The molecule has 0 aliphatic carbocycles. The van der Waals surface area contributed by atoms with E-state index >= 15 is 0 Å². The molecule has 0 aliphatic rings. The zero-order valence-corrected chi connectivity index (χ0v) is 13.6.